The number of benzene rings is 3. The van der Waals surface area contributed by atoms with E-state index in [9.17, 15) is 14.4 Å². The van der Waals surface area contributed by atoms with Crippen LogP contribution in [0, 0.1) is 5.41 Å². The monoisotopic (exact) mass is 526 g/mol. The van der Waals surface area contributed by atoms with Crippen molar-refractivity contribution in [1.29, 1.82) is 0 Å². The van der Waals surface area contributed by atoms with Crippen molar-refractivity contribution in [3.8, 4) is 0 Å². The van der Waals surface area contributed by atoms with Gasteiger partial charge >= 0.3 is 11.9 Å². The number of carbonyl (C=O) groups excluding carboxylic acids is 3. The van der Waals surface area contributed by atoms with Crippen molar-refractivity contribution in [2.24, 2.45) is 10.4 Å². The zero-order chi connectivity index (χ0) is 28.0. The van der Waals surface area contributed by atoms with Gasteiger partial charge in [0.2, 0.25) is 0 Å². The van der Waals surface area contributed by atoms with E-state index in [-0.39, 0.29) is 18.9 Å². The van der Waals surface area contributed by atoms with Crippen molar-refractivity contribution in [2.75, 3.05) is 6.61 Å². The van der Waals surface area contributed by atoms with Crippen molar-refractivity contribution < 1.29 is 23.9 Å². The maximum Gasteiger partial charge on any atom is 0.331 e. The summed E-state index contributed by atoms with van der Waals surface area (Å²) in [5.41, 5.74) is 2.10. The summed E-state index contributed by atoms with van der Waals surface area (Å²) in [6, 6.07) is 25.8. The molecule has 0 radical (unpaired) electrons. The Labute approximate surface area is 229 Å². The first-order chi connectivity index (χ1) is 18.7. The number of cyclic esters (lactones) is 1. The molecule has 1 aliphatic heterocycles. The van der Waals surface area contributed by atoms with Gasteiger partial charge in [-0.25, -0.2) is 9.59 Å². The second-order valence-corrected chi connectivity index (χ2v) is 10.5. The lowest BCUT2D eigenvalue weighted by Gasteiger charge is -2.34. The third kappa shape index (κ3) is 6.42. The largest absolute Gasteiger partial charge is 0.464 e. The van der Waals surface area contributed by atoms with Crippen LogP contribution in [0.25, 0.3) is 0 Å². The molecule has 202 valence electrons. The van der Waals surface area contributed by atoms with Crippen LogP contribution < -0.4 is 0 Å². The van der Waals surface area contributed by atoms with Gasteiger partial charge in [0.05, 0.1) is 12.3 Å². The van der Waals surface area contributed by atoms with Gasteiger partial charge in [-0.05, 0) is 19.1 Å². The lowest BCUT2D eigenvalue weighted by molar-refractivity contribution is -0.147. The number of amides is 1. The summed E-state index contributed by atoms with van der Waals surface area (Å²) in [5.74, 6) is -1.48. The first-order valence-corrected chi connectivity index (χ1v) is 13.1. The summed E-state index contributed by atoms with van der Waals surface area (Å²) >= 11 is 0. The first-order valence-electron chi connectivity index (χ1n) is 13.1. The number of carbonyl (C=O) groups is 3. The average molecular weight is 527 g/mol. The zero-order valence-electron chi connectivity index (χ0n) is 22.7. The molecule has 0 bridgehead atoms. The van der Waals surface area contributed by atoms with Crippen LogP contribution in [0.5, 0.6) is 0 Å². The topological polar surface area (TPSA) is 85.3 Å². The molecular weight excluding hydrogens is 492 g/mol. The molecule has 7 nitrogen and oxygen atoms in total. The summed E-state index contributed by atoms with van der Waals surface area (Å²) < 4.78 is 11.2. The molecule has 0 N–H and O–H groups in total. The molecule has 1 fully saturated rings. The number of nitrogens with zero attached hydrogens (tertiary/aromatic N) is 2. The minimum Gasteiger partial charge on any atom is -0.464 e. The number of ether oxygens (including phenoxy) is 2. The van der Waals surface area contributed by atoms with Crippen LogP contribution in [0.2, 0.25) is 0 Å². The Bertz CT molecular complexity index is 1280. The minimum absolute atomic E-state index is 0.0774. The Morgan fingerprint density at radius 1 is 0.872 bits per heavy atom. The predicted octanol–water partition coefficient (Wildman–Crippen LogP) is 5.29. The predicted molar refractivity (Wildman–Crippen MR) is 149 cm³/mol. The smallest absolute Gasteiger partial charge is 0.331 e. The molecule has 0 aromatic heterocycles. The number of hydrogen-bond donors (Lipinski definition) is 0. The van der Waals surface area contributed by atoms with Gasteiger partial charge in [-0.2, -0.15) is 0 Å². The highest BCUT2D eigenvalue weighted by Gasteiger charge is 2.51. The highest BCUT2D eigenvalue weighted by molar-refractivity contribution is 6.13. The van der Waals surface area contributed by atoms with E-state index in [1.54, 1.807) is 31.2 Å². The van der Waals surface area contributed by atoms with E-state index >= 15 is 0 Å². The van der Waals surface area contributed by atoms with E-state index in [0.717, 1.165) is 11.1 Å². The summed E-state index contributed by atoms with van der Waals surface area (Å²) in [6.07, 6.45) is -0.885. The number of esters is 2. The highest BCUT2D eigenvalue weighted by Crippen LogP contribution is 2.35. The molecule has 7 heteroatoms. The van der Waals surface area contributed by atoms with Gasteiger partial charge in [0.1, 0.15) is 6.04 Å². The van der Waals surface area contributed by atoms with Crippen LogP contribution in [-0.4, -0.2) is 53.4 Å². The summed E-state index contributed by atoms with van der Waals surface area (Å²) in [5, 5.41) is 0. The molecule has 1 heterocycles. The van der Waals surface area contributed by atoms with Gasteiger partial charge in [-0.15, -0.1) is 0 Å². The fraction of sp³-hybridized carbons (Fsp3) is 0.312. The molecule has 3 aromatic carbocycles. The van der Waals surface area contributed by atoms with Crippen molar-refractivity contribution in [2.45, 2.75) is 52.4 Å². The van der Waals surface area contributed by atoms with Crippen LogP contribution in [-0.2, 0) is 19.1 Å². The molecule has 0 aliphatic carbocycles. The van der Waals surface area contributed by atoms with Gasteiger partial charge in [-0.1, -0.05) is 99.6 Å². The Hall–Kier alpha value is -4.26. The summed E-state index contributed by atoms with van der Waals surface area (Å²) in [6.45, 7) is 7.59. The molecule has 0 spiro atoms. The molecule has 4 rings (SSSR count). The number of rotatable bonds is 8. The number of aliphatic imine (C=N–C) groups is 1. The second kappa shape index (κ2) is 12.1. The van der Waals surface area contributed by atoms with Gasteiger partial charge in [0.15, 0.2) is 12.3 Å². The molecule has 1 saturated heterocycles. The van der Waals surface area contributed by atoms with E-state index in [1.165, 1.54) is 4.90 Å². The van der Waals surface area contributed by atoms with Crippen LogP contribution >= 0.6 is 0 Å². The Morgan fingerprint density at radius 3 is 1.82 bits per heavy atom. The maximum absolute atomic E-state index is 13.7. The molecule has 1 amide bonds. The Morgan fingerprint density at radius 2 is 1.36 bits per heavy atom. The standard InChI is InChI=1S/C32H34N2O5/c1-5-38-29(36)25(33-27(22-15-9-6-10-16-22)23-17-11-7-12-18-23)21-26-30(37)39-31(32(2,3)4)34(26)28(35)24-19-13-8-14-20-24/h6-20,25-26,31H,5,21H2,1-4H3/t25-,26+,31-/m0/s1. The van der Waals surface area contributed by atoms with Gasteiger partial charge < -0.3 is 9.47 Å². The fourth-order valence-electron chi connectivity index (χ4n) is 4.62. The molecular formula is C32H34N2O5. The molecule has 0 saturated carbocycles. The Balaban J connectivity index is 1.78. The van der Waals surface area contributed by atoms with Crippen LogP contribution in [0.15, 0.2) is 96.0 Å². The molecule has 3 atom stereocenters. The second-order valence-electron chi connectivity index (χ2n) is 10.5. The van der Waals surface area contributed by atoms with E-state index in [4.69, 9.17) is 14.5 Å². The molecule has 39 heavy (non-hydrogen) atoms. The molecule has 3 aromatic rings. The average Bonchev–Trinajstić information content (AvgIpc) is 3.28. The normalized spacial score (nSPS) is 17.7. The van der Waals surface area contributed by atoms with Crippen LogP contribution in [0.1, 0.15) is 55.6 Å². The van der Waals surface area contributed by atoms with E-state index in [0.29, 0.717) is 11.3 Å². The lowest BCUT2D eigenvalue weighted by Crippen LogP contribution is -2.49. The first kappa shape index (κ1) is 27.8. The van der Waals surface area contributed by atoms with E-state index in [1.807, 2.05) is 87.5 Å². The summed E-state index contributed by atoms with van der Waals surface area (Å²) in [7, 11) is 0. The van der Waals surface area contributed by atoms with Crippen molar-refractivity contribution in [1.82, 2.24) is 4.90 Å². The van der Waals surface area contributed by atoms with Gasteiger partial charge in [0.25, 0.3) is 5.91 Å². The zero-order valence-corrected chi connectivity index (χ0v) is 22.7. The van der Waals surface area contributed by atoms with E-state index in [2.05, 4.69) is 0 Å². The fourth-order valence-corrected chi connectivity index (χ4v) is 4.62. The Kier molecular flexibility index (Phi) is 8.59. The van der Waals surface area contributed by atoms with Crippen molar-refractivity contribution in [3.05, 3.63) is 108 Å². The quantitative estimate of drug-likeness (QED) is 0.294. The molecule has 0 unspecified atom stereocenters. The SMILES string of the molecule is CCOC(=O)[C@H](C[C@@H]1C(=O)O[C@@H](C(C)(C)C)N1C(=O)c1ccccc1)N=C(c1ccccc1)c1ccccc1. The van der Waals surface area contributed by atoms with Gasteiger partial charge in [-0.3, -0.25) is 14.7 Å². The lowest BCUT2D eigenvalue weighted by atomic mass is 9.92. The molecule has 1 aliphatic rings. The summed E-state index contributed by atoms with van der Waals surface area (Å²) in [4.78, 5) is 46.7. The number of hydrogen-bond acceptors (Lipinski definition) is 6. The minimum atomic E-state index is -1.05. The van der Waals surface area contributed by atoms with Gasteiger partial charge in [0, 0.05) is 28.5 Å². The maximum atomic E-state index is 13.7. The van der Waals surface area contributed by atoms with Crippen molar-refractivity contribution >= 4 is 23.6 Å². The van der Waals surface area contributed by atoms with Crippen molar-refractivity contribution in [3.63, 3.8) is 0 Å². The van der Waals surface area contributed by atoms with Crippen LogP contribution in [0.3, 0.4) is 0 Å². The van der Waals surface area contributed by atoms with Crippen LogP contribution in [0.4, 0.5) is 0 Å². The van der Waals surface area contributed by atoms with E-state index < -0.39 is 35.7 Å². The third-order valence-corrected chi connectivity index (χ3v) is 6.47. The highest BCUT2D eigenvalue weighted by atomic mass is 16.6. The third-order valence-electron chi connectivity index (χ3n) is 6.47.